The van der Waals surface area contributed by atoms with Gasteiger partial charge in [-0.1, -0.05) is 0 Å². The van der Waals surface area contributed by atoms with Crippen LogP contribution in [0.3, 0.4) is 0 Å². The number of imide groups is 1. The van der Waals surface area contributed by atoms with Gasteiger partial charge in [0.1, 0.15) is 0 Å². The van der Waals surface area contributed by atoms with Crippen LogP contribution in [0.1, 0.15) is 17.0 Å². The predicted molar refractivity (Wildman–Crippen MR) is 75.8 cm³/mol. The number of carbonyl (C=O) groups excluding carboxylic acids is 2. The van der Waals surface area contributed by atoms with Crippen LogP contribution in [0.15, 0.2) is 22.8 Å². The van der Waals surface area contributed by atoms with E-state index in [0.29, 0.717) is 6.54 Å². The molecule has 1 aliphatic heterocycles. The maximum atomic E-state index is 11.9. The van der Waals surface area contributed by atoms with E-state index in [4.69, 9.17) is 9.52 Å². The van der Waals surface area contributed by atoms with E-state index in [0.717, 1.165) is 32.6 Å². The molecule has 0 spiro atoms. The summed E-state index contributed by atoms with van der Waals surface area (Å²) in [5.74, 6) is -0.706. The minimum absolute atomic E-state index is 0.133. The monoisotopic (exact) mass is 295 g/mol. The highest BCUT2D eigenvalue weighted by Crippen LogP contribution is 2.03. The van der Waals surface area contributed by atoms with Gasteiger partial charge in [0.05, 0.1) is 19.4 Å². The van der Waals surface area contributed by atoms with Crippen molar-refractivity contribution in [3.63, 3.8) is 0 Å². The number of hydrogen-bond acceptors (Lipinski definition) is 6. The molecule has 1 aromatic rings. The van der Waals surface area contributed by atoms with Crippen LogP contribution in [0.25, 0.3) is 0 Å². The lowest BCUT2D eigenvalue weighted by Gasteiger charge is -2.20. The number of carbonyl (C=O) groups is 2. The summed E-state index contributed by atoms with van der Waals surface area (Å²) < 4.78 is 4.94. The van der Waals surface area contributed by atoms with Gasteiger partial charge in [-0.25, -0.2) is 0 Å². The van der Waals surface area contributed by atoms with Crippen molar-refractivity contribution in [1.82, 2.24) is 15.1 Å². The highest BCUT2D eigenvalue weighted by atomic mass is 16.3. The molecule has 1 aliphatic rings. The van der Waals surface area contributed by atoms with Gasteiger partial charge in [-0.15, -0.1) is 0 Å². The quantitative estimate of drug-likeness (QED) is 0.764. The zero-order chi connectivity index (χ0) is 15.1. The van der Waals surface area contributed by atoms with E-state index < -0.39 is 5.91 Å². The molecule has 1 aromatic heterocycles. The normalized spacial score (nSPS) is 17.4. The van der Waals surface area contributed by atoms with Gasteiger partial charge in [0.15, 0.2) is 5.76 Å². The molecule has 7 heteroatoms. The molecule has 7 nitrogen and oxygen atoms in total. The first-order chi connectivity index (χ1) is 10.2. The van der Waals surface area contributed by atoms with E-state index in [2.05, 4.69) is 10.2 Å². The summed E-state index contributed by atoms with van der Waals surface area (Å²) in [5, 5.41) is 11.3. The first kappa shape index (κ1) is 15.7. The Morgan fingerprint density at radius 3 is 2.71 bits per heavy atom. The number of aliphatic hydroxyl groups excluding tert-OH is 1. The van der Waals surface area contributed by atoms with Crippen LogP contribution in [-0.2, 0) is 4.79 Å². The molecule has 116 valence electrons. The number of rotatable bonds is 5. The van der Waals surface area contributed by atoms with Gasteiger partial charge in [0, 0.05) is 19.6 Å². The molecule has 0 saturated carbocycles. The van der Waals surface area contributed by atoms with E-state index >= 15 is 0 Å². The summed E-state index contributed by atoms with van der Waals surface area (Å²) in [6.45, 7) is 4.31. The van der Waals surface area contributed by atoms with E-state index in [-0.39, 0.29) is 24.8 Å². The first-order valence-electron chi connectivity index (χ1n) is 7.12. The van der Waals surface area contributed by atoms with Crippen LogP contribution < -0.4 is 5.32 Å². The molecule has 1 saturated heterocycles. The minimum atomic E-state index is -0.512. The van der Waals surface area contributed by atoms with Crippen molar-refractivity contribution >= 4 is 11.8 Å². The van der Waals surface area contributed by atoms with Crippen LogP contribution in [0.4, 0.5) is 0 Å². The Hall–Kier alpha value is -1.70. The molecule has 2 rings (SSSR count). The third kappa shape index (κ3) is 4.96. The van der Waals surface area contributed by atoms with Crippen LogP contribution in [-0.4, -0.2) is 72.6 Å². The molecule has 0 bridgehead atoms. The number of β-amino-alcohol motifs (C(OH)–C–C–N with tert-alkyl or cyclic N) is 1. The van der Waals surface area contributed by atoms with Crippen molar-refractivity contribution < 1.29 is 19.1 Å². The third-order valence-corrected chi connectivity index (χ3v) is 3.46. The van der Waals surface area contributed by atoms with Crippen LogP contribution in [0.5, 0.6) is 0 Å². The molecule has 0 aromatic carbocycles. The zero-order valence-electron chi connectivity index (χ0n) is 12.0. The zero-order valence-corrected chi connectivity index (χ0v) is 12.0. The Bertz CT molecular complexity index is 461. The minimum Gasteiger partial charge on any atom is -0.459 e. The first-order valence-corrected chi connectivity index (χ1v) is 7.12. The van der Waals surface area contributed by atoms with Gasteiger partial charge in [-0.3, -0.25) is 24.7 Å². The van der Waals surface area contributed by atoms with E-state index in [9.17, 15) is 9.59 Å². The van der Waals surface area contributed by atoms with Crippen LogP contribution in [0.2, 0.25) is 0 Å². The Kier molecular flexibility index (Phi) is 5.91. The Morgan fingerprint density at radius 1 is 1.24 bits per heavy atom. The fraction of sp³-hybridized carbons (Fsp3) is 0.571. The van der Waals surface area contributed by atoms with Crippen molar-refractivity contribution in [1.29, 1.82) is 0 Å². The molecular formula is C14H21N3O4. The standard InChI is InChI=1S/C14H21N3O4/c18-9-8-16-4-2-5-17(7-6-16)11-13(19)15-14(20)12-3-1-10-21-12/h1,3,10,18H,2,4-9,11H2,(H,15,19,20). The number of amides is 2. The lowest BCUT2D eigenvalue weighted by Crippen LogP contribution is -2.41. The lowest BCUT2D eigenvalue weighted by molar-refractivity contribution is -0.121. The van der Waals surface area contributed by atoms with Gasteiger partial charge in [0.25, 0.3) is 5.91 Å². The van der Waals surface area contributed by atoms with E-state index in [1.165, 1.54) is 12.3 Å². The SMILES string of the molecule is O=C(CN1CCCN(CCO)CC1)NC(=O)c1ccco1. The van der Waals surface area contributed by atoms with Crippen molar-refractivity contribution in [2.45, 2.75) is 6.42 Å². The highest BCUT2D eigenvalue weighted by Gasteiger charge is 2.18. The summed E-state index contributed by atoms with van der Waals surface area (Å²) in [6.07, 6.45) is 2.34. The van der Waals surface area contributed by atoms with Gasteiger partial charge in [0.2, 0.25) is 5.91 Å². The highest BCUT2D eigenvalue weighted by molar-refractivity contribution is 6.03. The maximum absolute atomic E-state index is 11.9. The molecule has 2 N–H and O–H groups in total. The molecule has 0 atom stereocenters. The number of furan rings is 1. The third-order valence-electron chi connectivity index (χ3n) is 3.46. The Morgan fingerprint density at radius 2 is 2.00 bits per heavy atom. The molecule has 2 amide bonds. The van der Waals surface area contributed by atoms with Crippen LogP contribution >= 0.6 is 0 Å². The second kappa shape index (κ2) is 7.92. The molecule has 1 fully saturated rings. The molecule has 0 radical (unpaired) electrons. The van der Waals surface area contributed by atoms with Crippen LogP contribution in [0, 0.1) is 0 Å². The number of aliphatic hydroxyl groups is 1. The smallest absolute Gasteiger partial charge is 0.293 e. The molecule has 2 heterocycles. The summed E-state index contributed by atoms with van der Waals surface area (Å²) in [6, 6.07) is 3.12. The van der Waals surface area contributed by atoms with Crippen molar-refractivity contribution in [3.8, 4) is 0 Å². The maximum Gasteiger partial charge on any atom is 0.293 e. The average molecular weight is 295 g/mol. The Labute approximate surface area is 123 Å². The van der Waals surface area contributed by atoms with Crippen molar-refractivity contribution in [2.75, 3.05) is 45.9 Å². The Balaban J connectivity index is 1.76. The summed E-state index contributed by atoms with van der Waals surface area (Å²) in [7, 11) is 0. The molecule has 0 unspecified atom stereocenters. The average Bonchev–Trinajstić information content (AvgIpc) is 2.90. The fourth-order valence-corrected chi connectivity index (χ4v) is 2.39. The largest absolute Gasteiger partial charge is 0.459 e. The number of nitrogens with zero attached hydrogens (tertiary/aromatic N) is 2. The predicted octanol–water partition coefficient (Wildman–Crippen LogP) is -0.464. The van der Waals surface area contributed by atoms with E-state index in [1.807, 2.05) is 4.90 Å². The van der Waals surface area contributed by atoms with Gasteiger partial charge in [-0.2, -0.15) is 0 Å². The molecule has 0 aliphatic carbocycles. The second-order valence-electron chi connectivity index (χ2n) is 5.05. The lowest BCUT2D eigenvalue weighted by atomic mass is 10.3. The van der Waals surface area contributed by atoms with Gasteiger partial charge >= 0.3 is 0 Å². The van der Waals surface area contributed by atoms with E-state index in [1.54, 1.807) is 6.07 Å². The van der Waals surface area contributed by atoms with Crippen molar-refractivity contribution in [2.24, 2.45) is 0 Å². The van der Waals surface area contributed by atoms with Crippen molar-refractivity contribution in [3.05, 3.63) is 24.2 Å². The molecule has 21 heavy (non-hydrogen) atoms. The number of nitrogens with one attached hydrogen (secondary N) is 1. The topological polar surface area (TPSA) is 86.0 Å². The summed E-state index contributed by atoms with van der Waals surface area (Å²) in [5.41, 5.74) is 0. The number of hydrogen-bond donors (Lipinski definition) is 2. The molecular weight excluding hydrogens is 274 g/mol. The van der Waals surface area contributed by atoms with Gasteiger partial charge < -0.3 is 9.52 Å². The summed E-state index contributed by atoms with van der Waals surface area (Å²) in [4.78, 5) is 27.7. The van der Waals surface area contributed by atoms with Gasteiger partial charge in [-0.05, 0) is 31.6 Å². The fourth-order valence-electron chi connectivity index (χ4n) is 2.39. The second-order valence-corrected chi connectivity index (χ2v) is 5.05. The summed E-state index contributed by atoms with van der Waals surface area (Å²) >= 11 is 0.